The van der Waals surface area contributed by atoms with E-state index >= 15 is 0 Å². The molecule has 3 rings (SSSR count). The summed E-state index contributed by atoms with van der Waals surface area (Å²) in [5.74, 6) is 0.772. The molecule has 25 heavy (non-hydrogen) atoms. The molecule has 2 fully saturated rings. The van der Waals surface area contributed by atoms with Crippen molar-refractivity contribution in [1.29, 1.82) is 0 Å². The number of hydrogen-bond acceptors (Lipinski definition) is 5. The number of likely N-dealkylation sites (tertiary alicyclic amines) is 1. The molecule has 1 atom stereocenters. The van der Waals surface area contributed by atoms with Gasteiger partial charge in [-0.05, 0) is 44.0 Å². The van der Waals surface area contributed by atoms with E-state index in [-0.39, 0.29) is 11.8 Å². The molecule has 0 saturated carbocycles. The first-order valence-corrected chi connectivity index (χ1v) is 10.6. The molecule has 0 bridgehead atoms. The Bertz CT molecular complexity index is 741. The second-order valence-electron chi connectivity index (χ2n) is 7.00. The summed E-state index contributed by atoms with van der Waals surface area (Å²) in [5, 5.41) is 3.16. The van der Waals surface area contributed by atoms with Gasteiger partial charge in [0.1, 0.15) is 5.75 Å². The summed E-state index contributed by atoms with van der Waals surface area (Å²) in [6, 6.07) is 7.83. The van der Waals surface area contributed by atoms with Gasteiger partial charge in [0, 0.05) is 25.3 Å². The molecule has 2 saturated heterocycles. The number of hydrogen-bond donors (Lipinski definition) is 1. The Morgan fingerprint density at radius 3 is 2.60 bits per heavy atom. The zero-order chi connectivity index (χ0) is 18.1. The van der Waals surface area contributed by atoms with E-state index in [2.05, 4.69) is 5.32 Å². The molecule has 1 N–H and O–H groups in total. The Hall–Kier alpha value is -1.60. The van der Waals surface area contributed by atoms with Crippen LogP contribution in [0.25, 0.3) is 0 Å². The third-order valence-corrected chi connectivity index (χ3v) is 7.57. The Morgan fingerprint density at radius 2 is 1.96 bits per heavy atom. The van der Waals surface area contributed by atoms with E-state index in [4.69, 9.17) is 4.74 Å². The molecule has 0 spiro atoms. The van der Waals surface area contributed by atoms with Gasteiger partial charge in [0.05, 0.1) is 7.11 Å². The summed E-state index contributed by atoms with van der Waals surface area (Å²) in [6.45, 7) is 2.25. The fourth-order valence-corrected chi connectivity index (χ4v) is 5.46. The monoisotopic (exact) mass is 366 g/mol. The third-order valence-electron chi connectivity index (χ3n) is 5.56. The van der Waals surface area contributed by atoms with Crippen LogP contribution in [0.15, 0.2) is 24.3 Å². The fraction of sp³-hybridized carbons (Fsp3) is 0.611. The van der Waals surface area contributed by atoms with E-state index in [1.54, 1.807) is 12.0 Å². The van der Waals surface area contributed by atoms with Crippen LogP contribution in [0.4, 0.5) is 0 Å². The zero-order valence-corrected chi connectivity index (χ0v) is 15.6. The molecular weight excluding hydrogens is 340 g/mol. The second kappa shape index (κ2) is 6.96. The minimum Gasteiger partial charge on any atom is -0.496 e. The maximum absolute atomic E-state index is 13.2. The molecule has 0 radical (unpaired) electrons. The van der Waals surface area contributed by atoms with Crippen molar-refractivity contribution in [2.45, 2.75) is 29.9 Å². The van der Waals surface area contributed by atoms with Crippen molar-refractivity contribution < 1.29 is 17.9 Å². The summed E-state index contributed by atoms with van der Waals surface area (Å²) in [6.07, 6.45) is 2.72. The van der Waals surface area contributed by atoms with Crippen LogP contribution in [0.3, 0.4) is 0 Å². The lowest BCUT2D eigenvalue weighted by Gasteiger charge is -2.37. The van der Waals surface area contributed by atoms with Gasteiger partial charge < -0.3 is 15.0 Å². The highest BCUT2D eigenvalue weighted by Gasteiger charge is 2.51. The summed E-state index contributed by atoms with van der Waals surface area (Å²) >= 11 is 0. The lowest BCUT2D eigenvalue weighted by molar-refractivity contribution is -0.133. The molecule has 1 aromatic rings. The summed E-state index contributed by atoms with van der Waals surface area (Å²) < 4.78 is 29.1. The standard InChI is InChI=1S/C18H26N2O4S/c1-24-16-6-4-3-5-15(16)14-7-12-20(13-14)17(21)18(25(2,22)23)8-10-19-11-9-18/h3-6,14,19H,7-13H2,1-2H3. The molecule has 0 aromatic heterocycles. The van der Waals surface area contributed by atoms with Gasteiger partial charge in [-0.25, -0.2) is 8.42 Å². The number of amides is 1. The lowest BCUT2D eigenvalue weighted by Crippen LogP contribution is -2.57. The number of sulfone groups is 1. The van der Waals surface area contributed by atoms with Crippen LogP contribution in [0.5, 0.6) is 5.75 Å². The quantitative estimate of drug-likeness (QED) is 0.866. The van der Waals surface area contributed by atoms with E-state index in [9.17, 15) is 13.2 Å². The van der Waals surface area contributed by atoms with Crippen molar-refractivity contribution in [2.75, 3.05) is 39.5 Å². The van der Waals surface area contributed by atoms with Crippen LogP contribution in [0.1, 0.15) is 30.7 Å². The van der Waals surface area contributed by atoms with Gasteiger partial charge in [0.25, 0.3) is 0 Å². The molecule has 6 nitrogen and oxygen atoms in total. The first-order valence-electron chi connectivity index (χ1n) is 8.72. The number of rotatable bonds is 4. The number of benzene rings is 1. The number of para-hydroxylation sites is 1. The number of nitrogens with one attached hydrogen (secondary N) is 1. The minimum absolute atomic E-state index is 0.179. The molecule has 2 aliphatic rings. The van der Waals surface area contributed by atoms with Crippen molar-refractivity contribution in [3.05, 3.63) is 29.8 Å². The maximum Gasteiger partial charge on any atom is 0.244 e. The van der Waals surface area contributed by atoms with Crippen molar-refractivity contribution in [1.82, 2.24) is 10.2 Å². The SMILES string of the molecule is COc1ccccc1C1CCN(C(=O)C2(S(C)(=O)=O)CCNCC2)C1. The summed E-state index contributed by atoms with van der Waals surface area (Å²) in [7, 11) is -1.83. The minimum atomic E-state index is -3.48. The number of piperidine rings is 1. The van der Waals surface area contributed by atoms with Crippen LogP contribution < -0.4 is 10.1 Å². The lowest BCUT2D eigenvalue weighted by atomic mass is 9.95. The Kier molecular flexibility index (Phi) is 5.06. The Morgan fingerprint density at radius 1 is 1.28 bits per heavy atom. The molecule has 2 heterocycles. The number of nitrogens with zero attached hydrogens (tertiary/aromatic N) is 1. The van der Waals surface area contributed by atoms with Crippen molar-refractivity contribution in [3.63, 3.8) is 0 Å². The van der Waals surface area contributed by atoms with E-state index in [0.29, 0.717) is 39.0 Å². The highest BCUT2D eigenvalue weighted by atomic mass is 32.2. The van der Waals surface area contributed by atoms with E-state index < -0.39 is 14.6 Å². The second-order valence-corrected chi connectivity index (χ2v) is 9.32. The Balaban J connectivity index is 1.82. The maximum atomic E-state index is 13.2. The van der Waals surface area contributed by atoms with Gasteiger partial charge in [-0.2, -0.15) is 0 Å². The van der Waals surface area contributed by atoms with Crippen LogP contribution in [0.2, 0.25) is 0 Å². The fourth-order valence-electron chi connectivity index (χ4n) is 4.06. The van der Waals surface area contributed by atoms with E-state index in [1.165, 1.54) is 6.26 Å². The van der Waals surface area contributed by atoms with Crippen LogP contribution >= 0.6 is 0 Å². The smallest absolute Gasteiger partial charge is 0.244 e. The third kappa shape index (κ3) is 3.27. The first-order chi connectivity index (χ1) is 11.9. The van der Waals surface area contributed by atoms with Gasteiger partial charge in [0.15, 0.2) is 14.6 Å². The number of ether oxygens (including phenoxy) is 1. The number of carbonyl (C=O) groups excluding carboxylic acids is 1. The predicted octanol–water partition coefficient (Wildman–Crippen LogP) is 1.18. The Labute approximate surface area is 149 Å². The van der Waals surface area contributed by atoms with Crippen LogP contribution in [-0.4, -0.2) is 63.5 Å². The van der Waals surface area contributed by atoms with Gasteiger partial charge in [-0.1, -0.05) is 18.2 Å². The zero-order valence-electron chi connectivity index (χ0n) is 14.8. The van der Waals surface area contributed by atoms with Crippen LogP contribution in [-0.2, 0) is 14.6 Å². The highest BCUT2D eigenvalue weighted by Crippen LogP contribution is 2.37. The van der Waals surface area contributed by atoms with Gasteiger partial charge in [-0.15, -0.1) is 0 Å². The van der Waals surface area contributed by atoms with Crippen molar-refractivity contribution in [3.8, 4) is 5.75 Å². The van der Waals surface area contributed by atoms with E-state index in [0.717, 1.165) is 17.7 Å². The van der Waals surface area contributed by atoms with Crippen molar-refractivity contribution >= 4 is 15.7 Å². The highest BCUT2D eigenvalue weighted by molar-refractivity contribution is 7.92. The predicted molar refractivity (Wildman–Crippen MR) is 96.6 cm³/mol. The largest absolute Gasteiger partial charge is 0.496 e. The van der Waals surface area contributed by atoms with Gasteiger partial charge >= 0.3 is 0 Å². The topological polar surface area (TPSA) is 75.7 Å². The molecule has 1 amide bonds. The average Bonchev–Trinajstić information content (AvgIpc) is 3.10. The molecule has 7 heteroatoms. The molecule has 1 aromatic carbocycles. The average molecular weight is 366 g/mol. The number of methoxy groups -OCH3 is 1. The molecule has 0 aliphatic carbocycles. The van der Waals surface area contributed by atoms with Gasteiger partial charge in [-0.3, -0.25) is 4.79 Å². The normalized spacial score (nSPS) is 23.4. The summed E-state index contributed by atoms with van der Waals surface area (Å²) in [4.78, 5) is 14.9. The van der Waals surface area contributed by atoms with Gasteiger partial charge in [0.2, 0.25) is 5.91 Å². The molecule has 1 unspecified atom stereocenters. The number of carbonyl (C=O) groups is 1. The molecule has 2 aliphatic heterocycles. The van der Waals surface area contributed by atoms with Crippen molar-refractivity contribution in [2.24, 2.45) is 0 Å². The molecular formula is C18H26N2O4S. The van der Waals surface area contributed by atoms with Crippen LogP contribution in [0, 0.1) is 0 Å². The first kappa shape index (κ1) is 18.2. The molecule has 138 valence electrons. The summed E-state index contributed by atoms with van der Waals surface area (Å²) in [5.41, 5.74) is 1.08. The van der Waals surface area contributed by atoms with E-state index in [1.807, 2.05) is 24.3 Å².